The molecule has 4 heteroatoms. The smallest absolute Gasteiger partial charge is 0.0424 e. The molecule has 0 aromatic heterocycles. The van der Waals surface area contributed by atoms with Gasteiger partial charge in [-0.15, -0.1) is 0 Å². The number of rotatable bonds is 1. The molecule has 0 atom stereocenters. The van der Waals surface area contributed by atoms with E-state index in [1.165, 1.54) is 0 Å². The summed E-state index contributed by atoms with van der Waals surface area (Å²) >= 11 is 19.0. The number of hydrogen-bond acceptors (Lipinski definition) is 0. The Balaban J connectivity index is 2.64. The molecule has 0 aliphatic carbocycles. The largest absolute Gasteiger partial charge is 0.0843 e. The number of hydrogen-bond donors (Lipinski definition) is 0. The first-order valence-electron chi connectivity index (χ1n) is 4.48. The highest BCUT2D eigenvalue weighted by Crippen LogP contribution is 2.37. The van der Waals surface area contributed by atoms with Crippen molar-refractivity contribution in [1.29, 1.82) is 0 Å². The zero-order valence-electron chi connectivity index (χ0n) is 7.98. The third-order valence-electron chi connectivity index (χ3n) is 2.13. The Morgan fingerprint density at radius 3 is 2.31 bits per heavy atom. The molecule has 0 saturated heterocycles. The van der Waals surface area contributed by atoms with Crippen molar-refractivity contribution < 1.29 is 0 Å². The number of halogens is 4. The van der Waals surface area contributed by atoms with Crippen molar-refractivity contribution >= 4 is 55.1 Å². The molecule has 0 bridgehead atoms. The Hall–Kier alpha value is -0.0200. The molecule has 0 nitrogen and oxygen atoms in total. The summed E-state index contributed by atoms with van der Waals surface area (Å²) in [5.74, 6) is 0. The van der Waals surface area contributed by atoms with E-state index in [2.05, 4.69) is 31.9 Å². The average Bonchev–Trinajstić information content (AvgIpc) is 2.23. The predicted molar refractivity (Wildman–Crippen MR) is 77.3 cm³/mol. The summed E-state index contributed by atoms with van der Waals surface area (Å²) in [6, 6.07) is 11.4. The molecule has 16 heavy (non-hydrogen) atoms. The summed E-state index contributed by atoms with van der Waals surface area (Å²) in [5.41, 5.74) is 2.05. The van der Waals surface area contributed by atoms with Crippen molar-refractivity contribution in [3.05, 3.63) is 55.4 Å². The van der Waals surface area contributed by atoms with Crippen molar-refractivity contribution in [2.75, 3.05) is 0 Å². The predicted octanol–water partition coefficient (Wildman–Crippen LogP) is 6.19. The molecular weight excluding hydrogens is 375 g/mol. The van der Waals surface area contributed by atoms with E-state index in [1.54, 1.807) is 0 Å². The summed E-state index contributed by atoms with van der Waals surface area (Å²) in [6.07, 6.45) is 0. The van der Waals surface area contributed by atoms with Crippen LogP contribution in [0, 0.1) is 0 Å². The third kappa shape index (κ3) is 2.62. The second-order valence-corrected chi connectivity index (χ2v) is 5.78. The Bertz CT molecular complexity index is 539. The van der Waals surface area contributed by atoms with Crippen LogP contribution in [-0.4, -0.2) is 0 Å². The van der Waals surface area contributed by atoms with Gasteiger partial charge in [-0.3, -0.25) is 0 Å². The fourth-order valence-corrected chi connectivity index (χ4v) is 2.88. The lowest BCUT2D eigenvalue weighted by Crippen LogP contribution is -1.82. The maximum atomic E-state index is 6.03. The molecule has 0 fully saturated rings. The average molecular weight is 381 g/mol. The van der Waals surface area contributed by atoms with Gasteiger partial charge in [-0.05, 0) is 67.3 Å². The van der Waals surface area contributed by atoms with Crippen LogP contribution in [0.25, 0.3) is 11.1 Å². The SMILES string of the molecule is Clc1cccc(-c2cc(Cl)cc(Br)c2Br)c1. The highest BCUT2D eigenvalue weighted by Gasteiger charge is 2.08. The van der Waals surface area contributed by atoms with E-state index < -0.39 is 0 Å². The van der Waals surface area contributed by atoms with Crippen LogP contribution in [0.3, 0.4) is 0 Å². The van der Waals surface area contributed by atoms with Crippen molar-refractivity contribution in [3.63, 3.8) is 0 Å². The monoisotopic (exact) mass is 378 g/mol. The van der Waals surface area contributed by atoms with E-state index in [-0.39, 0.29) is 0 Å². The van der Waals surface area contributed by atoms with Crippen LogP contribution in [0.15, 0.2) is 45.3 Å². The molecule has 2 rings (SSSR count). The van der Waals surface area contributed by atoms with Gasteiger partial charge in [0.2, 0.25) is 0 Å². The molecule has 0 N–H and O–H groups in total. The van der Waals surface area contributed by atoms with Gasteiger partial charge in [0.25, 0.3) is 0 Å². The highest BCUT2D eigenvalue weighted by molar-refractivity contribution is 9.13. The van der Waals surface area contributed by atoms with Gasteiger partial charge in [0.15, 0.2) is 0 Å². The van der Waals surface area contributed by atoms with E-state index in [9.17, 15) is 0 Å². The minimum absolute atomic E-state index is 0.685. The van der Waals surface area contributed by atoms with Crippen LogP contribution in [0.1, 0.15) is 0 Å². The summed E-state index contributed by atoms with van der Waals surface area (Å²) in [4.78, 5) is 0. The Morgan fingerprint density at radius 1 is 0.875 bits per heavy atom. The maximum absolute atomic E-state index is 6.03. The molecule has 0 aliphatic rings. The van der Waals surface area contributed by atoms with Crippen LogP contribution in [0.5, 0.6) is 0 Å². The van der Waals surface area contributed by atoms with Crippen LogP contribution >= 0.6 is 55.1 Å². The van der Waals surface area contributed by atoms with Gasteiger partial charge in [0.1, 0.15) is 0 Å². The minimum Gasteiger partial charge on any atom is -0.0843 e. The lowest BCUT2D eigenvalue weighted by molar-refractivity contribution is 1.55. The van der Waals surface area contributed by atoms with Gasteiger partial charge in [-0.2, -0.15) is 0 Å². The van der Waals surface area contributed by atoms with Crippen molar-refractivity contribution in [1.82, 2.24) is 0 Å². The first-order valence-corrected chi connectivity index (χ1v) is 6.82. The molecule has 0 saturated carbocycles. The summed E-state index contributed by atoms with van der Waals surface area (Å²) < 4.78 is 1.90. The standard InChI is InChI=1S/C12H6Br2Cl2/c13-11-6-9(16)5-10(12(11)14)7-2-1-3-8(15)4-7/h1-6H. The lowest BCUT2D eigenvalue weighted by atomic mass is 10.1. The van der Waals surface area contributed by atoms with Gasteiger partial charge in [-0.25, -0.2) is 0 Å². The minimum atomic E-state index is 0.685. The van der Waals surface area contributed by atoms with E-state index in [4.69, 9.17) is 23.2 Å². The first kappa shape index (κ1) is 12.4. The van der Waals surface area contributed by atoms with E-state index in [0.29, 0.717) is 10.0 Å². The van der Waals surface area contributed by atoms with Gasteiger partial charge in [0.05, 0.1) is 0 Å². The fourth-order valence-electron chi connectivity index (χ4n) is 1.42. The fraction of sp³-hybridized carbons (Fsp3) is 0. The third-order valence-corrected chi connectivity index (χ3v) is 4.59. The van der Waals surface area contributed by atoms with Gasteiger partial charge in [0, 0.05) is 19.0 Å². The van der Waals surface area contributed by atoms with Crippen molar-refractivity contribution in [2.24, 2.45) is 0 Å². The summed E-state index contributed by atoms with van der Waals surface area (Å²) in [6.45, 7) is 0. The van der Waals surface area contributed by atoms with Crippen LogP contribution in [-0.2, 0) is 0 Å². The normalized spacial score (nSPS) is 10.5. The zero-order chi connectivity index (χ0) is 11.7. The Morgan fingerprint density at radius 2 is 1.62 bits per heavy atom. The summed E-state index contributed by atoms with van der Waals surface area (Å²) in [7, 11) is 0. The second-order valence-electron chi connectivity index (χ2n) is 3.26. The van der Waals surface area contributed by atoms with E-state index in [1.807, 2.05) is 36.4 Å². The van der Waals surface area contributed by atoms with Gasteiger partial charge < -0.3 is 0 Å². The molecule has 2 aromatic rings. The van der Waals surface area contributed by atoms with E-state index in [0.717, 1.165) is 20.1 Å². The topological polar surface area (TPSA) is 0 Å². The highest BCUT2D eigenvalue weighted by atomic mass is 79.9. The molecule has 0 radical (unpaired) electrons. The van der Waals surface area contributed by atoms with Gasteiger partial charge >= 0.3 is 0 Å². The van der Waals surface area contributed by atoms with Crippen LogP contribution in [0.4, 0.5) is 0 Å². The van der Waals surface area contributed by atoms with Gasteiger partial charge in [-0.1, -0.05) is 35.3 Å². The molecular formula is C12H6Br2Cl2. The van der Waals surface area contributed by atoms with E-state index >= 15 is 0 Å². The molecule has 82 valence electrons. The van der Waals surface area contributed by atoms with Crippen molar-refractivity contribution in [2.45, 2.75) is 0 Å². The lowest BCUT2D eigenvalue weighted by Gasteiger charge is -2.08. The van der Waals surface area contributed by atoms with Crippen LogP contribution in [0.2, 0.25) is 10.0 Å². The Kier molecular flexibility index (Phi) is 3.96. The molecule has 0 spiro atoms. The van der Waals surface area contributed by atoms with Crippen LogP contribution < -0.4 is 0 Å². The molecule has 0 aliphatic heterocycles. The van der Waals surface area contributed by atoms with Crippen molar-refractivity contribution in [3.8, 4) is 11.1 Å². The summed E-state index contributed by atoms with van der Waals surface area (Å²) in [5, 5.41) is 1.39. The first-order chi connectivity index (χ1) is 7.58. The maximum Gasteiger partial charge on any atom is 0.0424 e. The molecule has 0 unspecified atom stereocenters. The molecule has 0 amide bonds. The Labute approximate surface area is 121 Å². The second kappa shape index (κ2) is 5.09. The zero-order valence-corrected chi connectivity index (χ0v) is 12.7. The quantitative estimate of drug-likeness (QED) is 0.518. The number of benzene rings is 2. The molecule has 0 heterocycles. The molecule has 2 aromatic carbocycles.